The van der Waals surface area contributed by atoms with Crippen LogP contribution >= 0.6 is 31.9 Å². The second-order valence-corrected chi connectivity index (χ2v) is 5.73. The van der Waals surface area contributed by atoms with Crippen molar-refractivity contribution in [2.24, 2.45) is 0 Å². The van der Waals surface area contributed by atoms with Gasteiger partial charge in [0.2, 0.25) is 0 Å². The zero-order chi connectivity index (χ0) is 14.0. The van der Waals surface area contributed by atoms with Gasteiger partial charge in [0.05, 0.1) is 11.9 Å². The van der Waals surface area contributed by atoms with Gasteiger partial charge in [-0.25, -0.2) is 4.98 Å². The van der Waals surface area contributed by atoms with E-state index in [9.17, 15) is 4.79 Å². The maximum Gasteiger partial charge on any atom is 0.255 e. The molecule has 98 valence electrons. The van der Waals surface area contributed by atoms with Gasteiger partial charge in [-0.2, -0.15) is 0 Å². The van der Waals surface area contributed by atoms with Gasteiger partial charge in [0, 0.05) is 15.7 Å². The Hall–Kier alpha value is -1.40. The van der Waals surface area contributed by atoms with Gasteiger partial charge in [-0.05, 0) is 52.7 Å². The van der Waals surface area contributed by atoms with E-state index in [4.69, 9.17) is 5.73 Å². The molecule has 1 amide bonds. The van der Waals surface area contributed by atoms with Crippen LogP contribution in [-0.4, -0.2) is 10.9 Å². The lowest BCUT2D eigenvalue weighted by Crippen LogP contribution is -2.12. The molecular formula is C13H11Br2N3O. The number of carbonyl (C=O) groups excluding carboxylic acids is 1. The Morgan fingerprint density at radius 2 is 2.00 bits per heavy atom. The molecule has 19 heavy (non-hydrogen) atoms. The van der Waals surface area contributed by atoms with Crippen molar-refractivity contribution in [2.75, 3.05) is 11.1 Å². The summed E-state index contributed by atoms with van der Waals surface area (Å²) in [7, 11) is 0. The van der Waals surface area contributed by atoms with Gasteiger partial charge < -0.3 is 11.1 Å². The van der Waals surface area contributed by atoms with Crippen LogP contribution in [0.15, 0.2) is 39.5 Å². The van der Waals surface area contributed by atoms with Crippen LogP contribution in [0, 0.1) is 6.92 Å². The summed E-state index contributed by atoms with van der Waals surface area (Å²) in [5.74, 6) is -0.225. The molecule has 0 atom stereocenters. The number of nitrogens with one attached hydrogen (secondary N) is 1. The first kappa shape index (κ1) is 14.0. The third kappa shape index (κ3) is 3.54. The molecule has 0 aliphatic carbocycles. The molecular weight excluding hydrogens is 374 g/mol. The second-order valence-electron chi connectivity index (χ2n) is 4.06. The highest BCUT2D eigenvalue weighted by molar-refractivity contribution is 9.10. The average molecular weight is 385 g/mol. The third-order valence-electron chi connectivity index (χ3n) is 2.45. The van der Waals surface area contributed by atoms with Crippen molar-refractivity contribution in [3.63, 3.8) is 0 Å². The highest BCUT2D eigenvalue weighted by Crippen LogP contribution is 2.20. The highest BCUT2D eigenvalue weighted by Gasteiger charge is 2.09. The Kier molecular flexibility index (Phi) is 4.21. The Morgan fingerprint density at radius 1 is 1.26 bits per heavy atom. The van der Waals surface area contributed by atoms with E-state index < -0.39 is 0 Å². The van der Waals surface area contributed by atoms with E-state index >= 15 is 0 Å². The van der Waals surface area contributed by atoms with Crippen molar-refractivity contribution in [3.05, 3.63) is 50.7 Å². The molecule has 2 rings (SSSR count). The molecule has 0 saturated heterocycles. The molecule has 3 N–H and O–H groups in total. The van der Waals surface area contributed by atoms with Crippen LogP contribution in [-0.2, 0) is 0 Å². The van der Waals surface area contributed by atoms with Gasteiger partial charge in [-0.15, -0.1) is 0 Å². The minimum atomic E-state index is -0.225. The molecule has 0 radical (unpaired) electrons. The fourth-order valence-corrected chi connectivity index (χ4v) is 2.30. The molecule has 0 aliphatic heterocycles. The molecule has 4 nitrogen and oxygen atoms in total. The molecule has 0 saturated carbocycles. The molecule has 0 bridgehead atoms. The predicted octanol–water partition coefficient (Wildman–Crippen LogP) is 3.75. The highest BCUT2D eigenvalue weighted by atomic mass is 79.9. The van der Waals surface area contributed by atoms with Crippen LogP contribution in [0.5, 0.6) is 0 Å². The van der Waals surface area contributed by atoms with Crippen LogP contribution in [0.1, 0.15) is 15.9 Å². The predicted molar refractivity (Wildman–Crippen MR) is 83.2 cm³/mol. The third-order valence-corrected chi connectivity index (χ3v) is 3.74. The number of rotatable bonds is 2. The van der Waals surface area contributed by atoms with E-state index in [-0.39, 0.29) is 5.91 Å². The minimum Gasteiger partial charge on any atom is -0.399 e. The van der Waals surface area contributed by atoms with Crippen LogP contribution in [0.2, 0.25) is 0 Å². The number of anilines is 2. The number of amides is 1. The quantitative estimate of drug-likeness (QED) is 0.612. The lowest BCUT2D eigenvalue weighted by atomic mass is 10.2. The molecule has 6 heteroatoms. The Balaban J connectivity index is 2.22. The largest absolute Gasteiger partial charge is 0.399 e. The summed E-state index contributed by atoms with van der Waals surface area (Å²) in [6.07, 6.45) is 1.59. The minimum absolute atomic E-state index is 0.225. The maximum atomic E-state index is 12.1. The zero-order valence-electron chi connectivity index (χ0n) is 10.1. The van der Waals surface area contributed by atoms with Crippen LogP contribution in [0.4, 0.5) is 11.4 Å². The maximum absolute atomic E-state index is 12.1. The molecule has 0 spiro atoms. The first-order valence-electron chi connectivity index (χ1n) is 5.45. The number of carbonyl (C=O) groups is 1. The van der Waals surface area contributed by atoms with Crippen molar-refractivity contribution in [3.8, 4) is 0 Å². The monoisotopic (exact) mass is 383 g/mol. The Bertz CT molecular complexity index is 624. The molecule has 2 aromatic rings. The lowest BCUT2D eigenvalue weighted by molar-refractivity contribution is 0.102. The van der Waals surface area contributed by atoms with Crippen molar-refractivity contribution in [1.29, 1.82) is 0 Å². The van der Waals surface area contributed by atoms with E-state index in [0.717, 1.165) is 14.6 Å². The lowest BCUT2D eigenvalue weighted by Gasteiger charge is -2.07. The van der Waals surface area contributed by atoms with Gasteiger partial charge in [-0.3, -0.25) is 4.79 Å². The van der Waals surface area contributed by atoms with Gasteiger partial charge in [-0.1, -0.05) is 15.9 Å². The SMILES string of the molecule is Cc1cc(NC(=O)c2cc(N)cc(Br)c2)cnc1Br. The molecule has 0 aliphatic rings. The standard InChI is InChI=1S/C13H11Br2N3O/c1-7-2-11(6-17-12(7)15)18-13(19)8-3-9(14)5-10(16)4-8/h2-6H,16H2,1H3,(H,18,19). The summed E-state index contributed by atoms with van der Waals surface area (Å²) in [6, 6.07) is 6.92. The summed E-state index contributed by atoms with van der Waals surface area (Å²) in [4.78, 5) is 16.2. The number of halogens is 2. The van der Waals surface area contributed by atoms with Gasteiger partial charge >= 0.3 is 0 Å². The van der Waals surface area contributed by atoms with Crippen molar-refractivity contribution < 1.29 is 4.79 Å². The molecule has 0 unspecified atom stereocenters. The molecule has 1 aromatic carbocycles. The fraction of sp³-hybridized carbons (Fsp3) is 0.0769. The van der Waals surface area contributed by atoms with Gasteiger partial charge in [0.1, 0.15) is 4.60 Å². The van der Waals surface area contributed by atoms with Crippen molar-refractivity contribution in [2.45, 2.75) is 6.92 Å². The number of nitrogens with two attached hydrogens (primary N) is 1. The number of hydrogen-bond acceptors (Lipinski definition) is 3. The topological polar surface area (TPSA) is 68.0 Å². The first-order chi connectivity index (χ1) is 8.95. The normalized spacial score (nSPS) is 10.3. The van der Waals surface area contributed by atoms with Crippen molar-refractivity contribution >= 4 is 49.1 Å². The van der Waals surface area contributed by atoms with E-state index in [0.29, 0.717) is 16.9 Å². The van der Waals surface area contributed by atoms with E-state index in [1.165, 1.54) is 0 Å². The van der Waals surface area contributed by atoms with Crippen LogP contribution in [0.25, 0.3) is 0 Å². The van der Waals surface area contributed by atoms with Crippen molar-refractivity contribution in [1.82, 2.24) is 4.98 Å². The summed E-state index contributed by atoms with van der Waals surface area (Å²) in [5, 5.41) is 2.78. The van der Waals surface area contributed by atoms with Gasteiger partial charge in [0.15, 0.2) is 0 Å². The number of benzene rings is 1. The number of pyridine rings is 1. The summed E-state index contributed by atoms with van der Waals surface area (Å²) >= 11 is 6.62. The Labute approximate surface area is 127 Å². The number of nitrogens with zero attached hydrogens (tertiary/aromatic N) is 1. The number of nitrogen functional groups attached to an aromatic ring is 1. The Morgan fingerprint density at radius 3 is 2.63 bits per heavy atom. The van der Waals surface area contributed by atoms with E-state index in [1.807, 2.05) is 13.0 Å². The van der Waals surface area contributed by atoms with Crippen LogP contribution in [0.3, 0.4) is 0 Å². The molecule has 1 heterocycles. The van der Waals surface area contributed by atoms with Gasteiger partial charge in [0.25, 0.3) is 5.91 Å². The second kappa shape index (κ2) is 5.71. The van der Waals surface area contributed by atoms with E-state index in [1.54, 1.807) is 24.4 Å². The number of aromatic nitrogens is 1. The zero-order valence-corrected chi connectivity index (χ0v) is 13.2. The molecule has 1 aromatic heterocycles. The summed E-state index contributed by atoms with van der Waals surface area (Å²) < 4.78 is 1.53. The fourth-order valence-electron chi connectivity index (χ4n) is 1.57. The average Bonchev–Trinajstić information content (AvgIpc) is 2.32. The first-order valence-corrected chi connectivity index (χ1v) is 7.04. The summed E-state index contributed by atoms with van der Waals surface area (Å²) in [6.45, 7) is 1.91. The molecule has 0 fully saturated rings. The smallest absolute Gasteiger partial charge is 0.255 e. The number of hydrogen-bond donors (Lipinski definition) is 2. The van der Waals surface area contributed by atoms with Crippen LogP contribution < -0.4 is 11.1 Å². The summed E-state index contributed by atoms with van der Waals surface area (Å²) in [5.41, 5.74) is 8.32. The van der Waals surface area contributed by atoms with E-state index in [2.05, 4.69) is 42.2 Å². The number of aryl methyl sites for hydroxylation is 1.